The van der Waals surface area contributed by atoms with Crippen LogP contribution in [0.3, 0.4) is 0 Å². The number of hydrogen-bond acceptors (Lipinski definition) is 1. The van der Waals surface area contributed by atoms with Gasteiger partial charge in [0.05, 0.1) is 5.60 Å². The van der Waals surface area contributed by atoms with Gasteiger partial charge in [-0.25, -0.2) is 0 Å². The summed E-state index contributed by atoms with van der Waals surface area (Å²) in [5.74, 6) is 0. The molecule has 0 aromatic heterocycles. The van der Waals surface area contributed by atoms with Crippen LogP contribution in [0.2, 0.25) is 0 Å². The molecule has 3 heteroatoms. The first kappa shape index (κ1) is 10.4. The second kappa shape index (κ2) is 3.36. The van der Waals surface area contributed by atoms with Gasteiger partial charge in [-0.15, -0.1) is 0 Å². The van der Waals surface area contributed by atoms with E-state index in [0.717, 1.165) is 0 Å². The number of rotatable bonds is 0. The van der Waals surface area contributed by atoms with E-state index in [9.17, 15) is 0 Å². The third-order valence-corrected chi connectivity index (χ3v) is 1.06. The lowest BCUT2D eigenvalue weighted by Crippen LogP contribution is -2.12. The third kappa shape index (κ3) is 10.7. The summed E-state index contributed by atoms with van der Waals surface area (Å²) in [7, 11) is 2.22. The minimum Gasteiger partial charge on any atom is -0.412 e. The Morgan fingerprint density at radius 1 is 1.29 bits per heavy atom. The molecule has 0 spiro atoms. The van der Waals surface area contributed by atoms with E-state index in [1.165, 1.54) is 0 Å². The summed E-state index contributed by atoms with van der Waals surface area (Å²) in [6, 6.07) is 0. The number of hydrogen-bond donors (Lipinski definition) is 0. The molecule has 7 heavy (non-hydrogen) atoms. The van der Waals surface area contributed by atoms with Crippen molar-refractivity contribution >= 4 is 9.47 Å². The summed E-state index contributed by atoms with van der Waals surface area (Å²) >= 11 is 0. The van der Waals surface area contributed by atoms with E-state index in [-0.39, 0.29) is 11.1 Å². The van der Waals surface area contributed by atoms with Crippen LogP contribution >= 0.6 is 9.47 Å². The highest BCUT2D eigenvalue weighted by Gasteiger charge is 2.04. The molecule has 0 rings (SSSR count). The molecule has 0 aromatic rings. The maximum absolute atomic E-state index is 4.85. The molecule has 0 bridgehead atoms. The normalized spacial score (nSPS) is 10.3. The van der Waals surface area contributed by atoms with Crippen molar-refractivity contribution in [2.75, 3.05) is 0 Å². The van der Waals surface area contributed by atoms with Crippen LogP contribution in [0.5, 0.6) is 0 Å². The van der Waals surface area contributed by atoms with E-state index in [2.05, 4.69) is 9.47 Å². The van der Waals surface area contributed by atoms with Crippen LogP contribution in [0, 0.1) is 0 Å². The van der Waals surface area contributed by atoms with E-state index < -0.39 is 0 Å². The van der Waals surface area contributed by atoms with Crippen LogP contribution in [-0.4, -0.2) is 11.1 Å². The minimum atomic E-state index is 0. The molecular formula is C4H13O2P. The van der Waals surface area contributed by atoms with Gasteiger partial charge in [0.2, 0.25) is 0 Å². The monoisotopic (exact) mass is 124 g/mol. The fourth-order valence-electron chi connectivity index (χ4n) is 0. The quantitative estimate of drug-likeness (QED) is 0.439. The van der Waals surface area contributed by atoms with Crippen LogP contribution in [0.15, 0.2) is 0 Å². The highest BCUT2D eigenvalue weighted by Crippen LogP contribution is 2.09. The average molecular weight is 124 g/mol. The van der Waals surface area contributed by atoms with E-state index in [1.54, 1.807) is 0 Å². The van der Waals surface area contributed by atoms with Gasteiger partial charge in [0, 0.05) is 9.47 Å². The zero-order valence-corrected chi connectivity index (χ0v) is 6.14. The SMILES string of the molecule is CC(C)(C)OP.O. The maximum Gasteiger partial charge on any atom is 0.0634 e. The molecule has 0 radical (unpaired) electrons. The molecule has 2 nitrogen and oxygen atoms in total. The molecule has 0 saturated carbocycles. The Bertz CT molecular complexity index is 39.4. The molecule has 0 aliphatic rings. The summed E-state index contributed by atoms with van der Waals surface area (Å²) in [5.41, 5.74) is 0.00463. The van der Waals surface area contributed by atoms with Crippen molar-refractivity contribution in [3.63, 3.8) is 0 Å². The summed E-state index contributed by atoms with van der Waals surface area (Å²) in [6.45, 7) is 6.00. The Balaban J connectivity index is 0. The highest BCUT2D eigenvalue weighted by atomic mass is 31.0. The minimum absolute atomic E-state index is 0. The molecule has 0 amide bonds. The fraction of sp³-hybridized carbons (Fsp3) is 1.00. The van der Waals surface area contributed by atoms with Crippen molar-refractivity contribution in [3.8, 4) is 0 Å². The molecule has 1 unspecified atom stereocenters. The van der Waals surface area contributed by atoms with Crippen molar-refractivity contribution in [2.45, 2.75) is 26.4 Å². The van der Waals surface area contributed by atoms with Gasteiger partial charge in [0.15, 0.2) is 0 Å². The van der Waals surface area contributed by atoms with Crippen LogP contribution in [-0.2, 0) is 4.52 Å². The van der Waals surface area contributed by atoms with Gasteiger partial charge >= 0.3 is 0 Å². The topological polar surface area (TPSA) is 40.7 Å². The van der Waals surface area contributed by atoms with Crippen molar-refractivity contribution in [2.24, 2.45) is 0 Å². The lowest BCUT2D eigenvalue weighted by Gasteiger charge is -2.13. The molecule has 1 atom stereocenters. The first-order chi connectivity index (χ1) is 2.56. The van der Waals surface area contributed by atoms with E-state index in [0.29, 0.717) is 0 Å². The average Bonchev–Trinajstić information content (AvgIpc) is 1.35. The van der Waals surface area contributed by atoms with Gasteiger partial charge < -0.3 is 10.00 Å². The Labute approximate surface area is 46.8 Å². The Morgan fingerprint density at radius 2 is 1.43 bits per heavy atom. The van der Waals surface area contributed by atoms with Gasteiger partial charge in [-0.2, -0.15) is 0 Å². The first-order valence-electron chi connectivity index (χ1n) is 1.94. The highest BCUT2D eigenvalue weighted by molar-refractivity contribution is 7.09. The van der Waals surface area contributed by atoms with Crippen LogP contribution in [0.25, 0.3) is 0 Å². The summed E-state index contributed by atoms with van der Waals surface area (Å²) in [4.78, 5) is 0. The van der Waals surface area contributed by atoms with E-state index >= 15 is 0 Å². The van der Waals surface area contributed by atoms with Crippen molar-refractivity contribution in [1.82, 2.24) is 0 Å². The summed E-state index contributed by atoms with van der Waals surface area (Å²) in [5, 5.41) is 0. The Morgan fingerprint density at radius 3 is 1.43 bits per heavy atom. The van der Waals surface area contributed by atoms with Crippen LogP contribution in [0.1, 0.15) is 20.8 Å². The molecule has 0 saturated heterocycles. The molecule has 0 aliphatic carbocycles. The lowest BCUT2D eigenvalue weighted by molar-refractivity contribution is 0.162. The van der Waals surface area contributed by atoms with Gasteiger partial charge in [-0.3, -0.25) is 0 Å². The molecule has 0 aromatic carbocycles. The van der Waals surface area contributed by atoms with E-state index in [1.807, 2.05) is 20.8 Å². The Kier molecular flexibility index (Phi) is 4.98. The standard InChI is InChI=1S/C4H11OP.H2O/c1-4(2,3)5-6;/h6H2,1-3H3;1H2. The van der Waals surface area contributed by atoms with Gasteiger partial charge in [-0.05, 0) is 20.8 Å². The van der Waals surface area contributed by atoms with Gasteiger partial charge in [0.25, 0.3) is 0 Å². The molecular weight excluding hydrogens is 111 g/mol. The largest absolute Gasteiger partial charge is 0.412 e. The van der Waals surface area contributed by atoms with Crippen LogP contribution in [0.4, 0.5) is 0 Å². The van der Waals surface area contributed by atoms with Crippen LogP contribution < -0.4 is 0 Å². The molecule has 0 fully saturated rings. The predicted molar refractivity (Wildman–Crippen MR) is 34.2 cm³/mol. The predicted octanol–water partition coefficient (Wildman–Crippen LogP) is 0.767. The second-order valence-corrected chi connectivity index (χ2v) is 2.47. The van der Waals surface area contributed by atoms with E-state index in [4.69, 9.17) is 4.52 Å². The maximum atomic E-state index is 4.85. The lowest BCUT2D eigenvalue weighted by atomic mass is 10.2. The fourth-order valence-corrected chi connectivity index (χ4v) is 0. The smallest absolute Gasteiger partial charge is 0.0634 e. The summed E-state index contributed by atoms with van der Waals surface area (Å²) < 4.78 is 4.85. The Hall–Kier alpha value is 0.350. The molecule has 46 valence electrons. The summed E-state index contributed by atoms with van der Waals surface area (Å²) in [6.07, 6.45) is 0. The zero-order chi connectivity index (χ0) is 5.21. The molecule has 0 aliphatic heterocycles. The third-order valence-electron chi connectivity index (χ3n) is 0.354. The first-order valence-corrected chi connectivity index (χ1v) is 2.41. The molecule has 0 heterocycles. The molecule has 2 N–H and O–H groups in total. The van der Waals surface area contributed by atoms with Crippen molar-refractivity contribution < 1.29 is 10.00 Å². The van der Waals surface area contributed by atoms with Gasteiger partial charge in [0.1, 0.15) is 0 Å². The van der Waals surface area contributed by atoms with Crippen molar-refractivity contribution in [3.05, 3.63) is 0 Å². The van der Waals surface area contributed by atoms with Gasteiger partial charge in [-0.1, -0.05) is 0 Å². The zero-order valence-electron chi connectivity index (χ0n) is 4.99. The van der Waals surface area contributed by atoms with Crippen molar-refractivity contribution in [1.29, 1.82) is 0 Å². The second-order valence-electron chi connectivity index (χ2n) is 2.23.